The fourth-order valence-corrected chi connectivity index (χ4v) is 2.77. The Kier molecular flexibility index (Phi) is 5.20. The molecule has 1 N–H and O–H groups in total. The molecular formula is C22H17N3O4. The fourth-order valence-electron chi connectivity index (χ4n) is 2.77. The molecule has 0 atom stereocenters. The molecule has 144 valence electrons. The second kappa shape index (κ2) is 8.26. The van der Waals surface area contributed by atoms with Crippen LogP contribution in [-0.4, -0.2) is 14.9 Å². The van der Waals surface area contributed by atoms with Gasteiger partial charge in [-0.3, -0.25) is 10.1 Å². The highest BCUT2D eigenvalue weighted by atomic mass is 16.6. The van der Waals surface area contributed by atoms with Crippen molar-refractivity contribution in [1.82, 2.24) is 9.97 Å². The third-order valence-corrected chi connectivity index (χ3v) is 4.19. The van der Waals surface area contributed by atoms with Crippen molar-refractivity contribution in [2.75, 3.05) is 0 Å². The van der Waals surface area contributed by atoms with Gasteiger partial charge in [-0.15, -0.1) is 0 Å². The number of H-pyrrole nitrogens is 1. The normalized spacial score (nSPS) is 10.5. The highest BCUT2D eigenvalue weighted by Crippen LogP contribution is 2.31. The van der Waals surface area contributed by atoms with Gasteiger partial charge < -0.3 is 14.5 Å². The molecule has 0 aliphatic heterocycles. The Bertz CT molecular complexity index is 1110. The zero-order chi connectivity index (χ0) is 20.1. The fraction of sp³-hybridized carbons (Fsp3) is 0.0455. The molecule has 3 aromatic carbocycles. The standard InChI is InChI=1S/C22H17N3O4/c26-25(27)20-8-4-5-9-21(20)29-18-12-10-16(11-13-18)19-14-23-22(24-19)15-28-17-6-2-1-3-7-17/h1-14H,15H2,(H,23,24). The molecule has 29 heavy (non-hydrogen) atoms. The number of hydrogen-bond donors (Lipinski definition) is 1. The van der Waals surface area contributed by atoms with Gasteiger partial charge in [-0.25, -0.2) is 4.98 Å². The quantitative estimate of drug-likeness (QED) is 0.341. The van der Waals surface area contributed by atoms with Crippen LogP contribution >= 0.6 is 0 Å². The molecule has 7 nitrogen and oxygen atoms in total. The van der Waals surface area contributed by atoms with E-state index >= 15 is 0 Å². The Morgan fingerprint density at radius 1 is 0.897 bits per heavy atom. The van der Waals surface area contributed by atoms with Crippen molar-refractivity contribution < 1.29 is 14.4 Å². The Balaban J connectivity index is 1.43. The summed E-state index contributed by atoms with van der Waals surface area (Å²) >= 11 is 0. The Morgan fingerprint density at radius 2 is 1.62 bits per heavy atom. The first-order chi connectivity index (χ1) is 14.2. The second-order valence-electron chi connectivity index (χ2n) is 6.19. The molecule has 7 heteroatoms. The summed E-state index contributed by atoms with van der Waals surface area (Å²) in [6.45, 7) is 0.336. The minimum atomic E-state index is -0.466. The van der Waals surface area contributed by atoms with E-state index in [1.165, 1.54) is 6.07 Å². The summed E-state index contributed by atoms with van der Waals surface area (Å²) in [5.41, 5.74) is 1.59. The van der Waals surface area contributed by atoms with E-state index in [0.29, 0.717) is 18.2 Å². The lowest BCUT2D eigenvalue weighted by Crippen LogP contribution is -1.97. The molecule has 0 radical (unpaired) electrons. The molecule has 0 saturated heterocycles. The predicted octanol–water partition coefficient (Wildman–Crippen LogP) is 5.36. The van der Waals surface area contributed by atoms with Crippen LogP contribution in [0.15, 0.2) is 85.1 Å². The van der Waals surface area contributed by atoms with E-state index in [-0.39, 0.29) is 11.4 Å². The molecule has 1 aromatic heterocycles. The van der Waals surface area contributed by atoms with Crippen molar-refractivity contribution >= 4 is 5.69 Å². The van der Waals surface area contributed by atoms with Crippen LogP contribution in [0.2, 0.25) is 0 Å². The average Bonchev–Trinajstić information content (AvgIpc) is 3.23. The van der Waals surface area contributed by atoms with Crippen molar-refractivity contribution in [3.8, 4) is 28.5 Å². The monoisotopic (exact) mass is 387 g/mol. The molecule has 4 rings (SSSR count). The van der Waals surface area contributed by atoms with Crippen LogP contribution < -0.4 is 9.47 Å². The van der Waals surface area contributed by atoms with Gasteiger partial charge in [-0.2, -0.15) is 0 Å². The Hall–Kier alpha value is -4.13. The van der Waals surface area contributed by atoms with E-state index in [0.717, 1.165) is 17.0 Å². The van der Waals surface area contributed by atoms with Crippen molar-refractivity contribution in [1.29, 1.82) is 0 Å². The maximum atomic E-state index is 11.1. The first-order valence-electron chi connectivity index (χ1n) is 8.93. The number of nitrogens with one attached hydrogen (secondary N) is 1. The second-order valence-corrected chi connectivity index (χ2v) is 6.19. The topological polar surface area (TPSA) is 90.3 Å². The number of nitro benzene ring substituents is 1. The maximum Gasteiger partial charge on any atom is 0.311 e. The maximum absolute atomic E-state index is 11.1. The molecule has 0 fully saturated rings. The third kappa shape index (κ3) is 4.41. The predicted molar refractivity (Wildman–Crippen MR) is 108 cm³/mol. The first-order valence-corrected chi connectivity index (χ1v) is 8.93. The summed E-state index contributed by atoms with van der Waals surface area (Å²) < 4.78 is 11.4. The zero-order valence-corrected chi connectivity index (χ0v) is 15.3. The Morgan fingerprint density at radius 3 is 2.38 bits per heavy atom. The van der Waals surface area contributed by atoms with E-state index < -0.39 is 4.92 Å². The molecular weight excluding hydrogens is 370 g/mol. The van der Waals surface area contributed by atoms with Gasteiger partial charge in [0.05, 0.1) is 10.6 Å². The number of benzene rings is 3. The van der Waals surface area contributed by atoms with Gasteiger partial charge in [-0.1, -0.05) is 30.3 Å². The number of ether oxygens (including phenoxy) is 2. The smallest absolute Gasteiger partial charge is 0.311 e. The zero-order valence-electron chi connectivity index (χ0n) is 15.3. The van der Waals surface area contributed by atoms with Crippen molar-refractivity contribution in [2.45, 2.75) is 6.61 Å². The van der Waals surface area contributed by atoms with Crippen molar-refractivity contribution in [2.24, 2.45) is 0 Å². The average molecular weight is 387 g/mol. The number of imidazole rings is 1. The summed E-state index contributed by atoms with van der Waals surface area (Å²) in [6.07, 6.45) is 1.81. The number of nitrogens with zero attached hydrogens (tertiary/aromatic N) is 2. The molecule has 0 saturated carbocycles. The number of aromatic nitrogens is 2. The summed E-state index contributed by atoms with van der Waals surface area (Å²) in [5.74, 6) is 2.20. The highest BCUT2D eigenvalue weighted by molar-refractivity contribution is 5.60. The molecule has 0 unspecified atom stereocenters. The van der Waals surface area contributed by atoms with Gasteiger partial charge >= 0.3 is 5.69 Å². The van der Waals surface area contributed by atoms with Crippen LogP contribution in [0, 0.1) is 10.1 Å². The molecule has 0 amide bonds. The van der Waals surface area contributed by atoms with Gasteiger partial charge in [0.25, 0.3) is 0 Å². The molecule has 1 heterocycles. The number of rotatable bonds is 7. The molecule has 0 spiro atoms. The molecule has 0 aliphatic carbocycles. The van der Waals surface area contributed by atoms with Gasteiger partial charge in [0.2, 0.25) is 5.75 Å². The van der Waals surface area contributed by atoms with E-state index in [2.05, 4.69) is 9.97 Å². The summed E-state index contributed by atoms with van der Waals surface area (Å²) in [4.78, 5) is 18.3. The Labute approximate surface area is 166 Å². The van der Waals surface area contributed by atoms with Gasteiger partial charge in [0.1, 0.15) is 23.9 Å². The minimum absolute atomic E-state index is 0.0769. The number of aromatic amines is 1. The number of nitro groups is 1. The lowest BCUT2D eigenvalue weighted by atomic mass is 10.1. The lowest BCUT2D eigenvalue weighted by molar-refractivity contribution is -0.385. The van der Waals surface area contributed by atoms with Crippen molar-refractivity contribution in [3.63, 3.8) is 0 Å². The van der Waals surface area contributed by atoms with Crippen LogP contribution in [0.1, 0.15) is 5.82 Å². The molecule has 0 bridgehead atoms. The van der Waals surface area contributed by atoms with E-state index in [1.807, 2.05) is 48.7 Å². The summed E-state index contributed by atoms with van der Waals surface area (Å²) in [7, 11) is 0. The van der Waals surface area contributed by atoms with Gasteiger partial charge in [-0.05, 0) is 42.5 Å². The van der Waals surface area contributed by atoms with E-state index in [9.17, 15) is 10.1 Å². The summed E-state index contributed by atoms with van der Waals surface area (Å²) in [6, 6.07) is 23.0. The van der Waals surface area contributed by atoms with E-state index in [1.54, 1.807) is 30.3 Å². The van der Waals surface area contributed by atoms with Gasteiger partial charge in [0.15, 0.2) is 0 Å². The van der Waals surface area contributed by atoms with Crippen molar-refractivity contribution in [3.05, 3.63) is 101 Å². The van der Waals surface area contributed by atoms with Crippen LogP contribution in [0.3, 0.4) is 0 Å². The lowest BCUT2D eigenvalue weighted by Gasteiger charge is -2.06. The number of para-hydroxylation sites is 3. The van der Waals surface area contributed by atoms with Crippen LogP contribution in [0.4, 0.5) is 5.69 Å². The third-order valence-electron chi connectivity index (χ3n) is 4.19. The highest BCUT2D eigenvalue weighted by Gasteiger charge is 2.14. The van der Waals surface area contributed by atoms with Crippen LogP contribution in [-0.2, 0) is 6.61 Å². The minimum Gasteiger partial charge on any atom is -0.486 e. The number of hydrogen-bond acceptors (Lipinski definition) is 5. The molecule has 4 aromatic rings. The SMILES string of the molecule is O=[N+]([O-])c1ccccc1Oc1ccc(-c2c[nH]c(COc3ccccc3)n2)cc1. The van der Waals surface area contributed by atoms with Crippen LogP contribution in [0.5, 0.6) is 17.2 Å². The summed E-state index contributed by atoms with van der Waals surface area (Å²) in [5, 5.41) is 11.1. The van der Waals surface area contributed by atoms with Crippen LogP contribution in [0.25, 0.3) is 11.3 Å². The molecule has 0 aliphatic rings. The first kappa shape index (κ1) is 18.2. The van der Waals surface area contributed by atoms with Gasteiger partial charge in [0, 0.05) is 17.8 Å². The largest absolute Gasteiger partial charge is 0.486 e. The van der Waals surface area contributed by atoms with E-state index in [4.69, 9.17) is 9.47 Å².